The minimum atomic E-state index is 0.708. The number of fused-ring (bicyclic) bond motifs is 1. The standard InChI is InChI=1S/C5H8N2/c6-5-4-1-3(4)2-7-5/h3-4H,1-2H2,(H2,6,7). The van der Waals surface area contributed by atoms with Crippen molar-refractivity contribution in [3.63, 3.8) is 0 Å². The predicted molar refractivity (Wildman–Crippen MR) is 28.1 cm³/mol. The van der Waals surface area contributed by atoms with Gasteiger partial charge in [-0.25, -0.2) is 0 Å². The van der Waals surface area contributed by atoms with Crippen LogP contribution in [0.3, 0.4) is 0 Å². The van der Waals surface area contributed by atoms with E-state index >= 15 is 0 Å². The Labute approximate surface area is 42.4 Å². The molecule has 1 saturated carbocycles. The van der Waals surface area contributed by atoms with E-state index in [0.717, 1.165) is 18.3 Å². The normalized spacial score (nSPS) is 45.4. The fourth-order valence-electron chi connectivity index (χ4n) is 1.15. The van der Waals surface area contributed by atoms with E-state index in [1.807, 2.05) is 0 Å². The van der Waals surface area contributed by atoms with Crippen LogP contribution in [0.5, 0.6) is 0 Å². The third-order valence-corrected chi connectivity index (χ3v) is 1.81. The summed E-state index contributed by atoms with van der Waals surface area (Å²) in [6.07, 6.45) is 1.31. The maximum absolute atomic E-state index is 5.47. The van der Waals surface area contributed by atoms with Crippen molar-refractivity contribution < 1.29 is 0 Å². The number of aliphatic imine (C=N–C) groups is 1. The zero-order valence-corrected chi connectivity index (χ0v) is 4.09. The van der Waals surface area contributed by atoms with E-state index in [0.29, 0.717) is 5.92 Å². The van der Waals surface area contributed by atoms with Gasteiger partial charge in [0, 0.05) is 12.5 Å². The van der Waals surface area contributed by atoms with Crippen LogP contribution >= 0.6 is 0 Å². The molecule has 2 unspecified atom stereocenters. The Morgan fingerprint density at radius 2 is 2.57 bits per heavy atom. The topological polar surface area (TPSA) is 38.4 Å². The van der Waals surface area contributed by atoms with Crippen LogP contribution in [0, 0.1) is 11.8 Å². The summed E-state index contributed by atoms with van der Waals surface area (Å²) in [6, 6.07) is 0. The van der Waals surface area contributed by atoms with Gasteiger partial charge in [0.1, 0.15) is 0 Å². The Balaban J connectivity index is 2.25. The van der Waals surface area contributed by atoms with Gasteiger partial charge in [0.05, 0.1) is 5.84 Å². The average molecular weight is 96.1 g/mol. The molecule has 2 aliphatic rings. The molecule has 1 fully saturated rings. The molecular formula is C5H8N2. The van der Waals surface area contributed by atoms with Gasteiger partial charge in [0.15, 0.2) is 0 Å². The maximum atomic E-state index is 5.47. The molecule has 0 spiro atoms. The largest absolute Gasteiger partial charge is 0.387 e. The Morgan fingerprint density at radius 3 is 2.71 bits per heavy atom. The first-order valence-corrected chi connectivity index (χ1v) is 2.68. The monoisotopic (exact) mass is 96.1 g/mol. The van der Waals surface area contributed by atoms with Crippen molar-refractivity contribution >= 4 is 5.84 Å². The van der Waals surface area contributed by atoms with Gasteiger partial charge in [-0.05, 0) is 12.3 Å². The summed E-state index contributed by atoms with van der Waals surface area (Å²) in [4.78, 5) is 4.06. The first-order chi connectivity index (χ1) is 3.38. The Hall–Kier alpha value is -0.530. The number of rotatable bonds is 0. The second-order valence-electron chi connectivity index (χ2n) is 2.37. The number of hydrogen-bond acceptors (Lipinski definition) is 2. The Bertz CT molecular complexity index is 128. The van der Waals surface area contributed by atoms with Crippen molar-refractivity contribution in [2.75, 3.05) is 6.54 Å². The van der Waals surface area contributed by atoms with Crippen molar-refractivity contribution in [3.05, 3.63) is 0 Å². The molecule has 2 nitrogen and oxygen atoms in total. The number of hydrogen-bond donors (Lipinski definition) is 1. The summed E-state index contributed by atoms with van der Waals surface area (Å²) < 4.78 is 0. The molecular weight excluding hydrogens is 88.1 g/mol. The van der Waals surface area contributed by atoms with Crippen LogP contribution in [0.2, 0.25) is 0 Å². The third-order valence-electron chi connectivity index (χ3n) is 1.81. The van der Waals surface area contributed by atoms with Gasteiger partial charge >= 0.3 is 0 Å². The van der Waals surface area contributed by atoms with Gasteiger partial charge in [-0.1, -0.05) is 0 Å². The van der Waals surface area contributed by atoms with Crippen molar-refractivity contribution in [1.82, 2.24) is 0 Å². The molecule has 7 heavy (non-hydrogen) atoms. The third kappa shape index (κ3) is 0.315. The summed E-state index contributed by atoms with van der Waals surface area (Å²) in [6.45, 7) is 1.01. The summed E-state index contributed by atoms with van der Waals surface area (Å²) in [5.41, 5.74) is 5.47. The highest BCUT2D eigenvalue weighted by atomic mass is 14.9. The quantitative estimate of drug-likeness (QED) is 0.452. The first kappa shape index (κ1) is 3.47. The van der Waals surface area contributed by atoms with Gasteiger partial charge in [0.2, 0.25) is 0 Å². The number of nitrogens with zero attached hydrogens (tertiary/aromatic N) is 1. The molecule has 0 bridgehead atoms. The lowest BCUT2D eigenvalue weighted by Crippen LogP contribution is -2.10. The van der Waals surface area contributed by atoms with Crippen molar-refractivity contribution in [1.29, 1.82) is 0 Å². The molecule has 0 aromatic heterocycles. The lowest BCUT2D eigenvalue weighted by Gasteiger charge is -1.84. The molecule has 0 aromatic rings. The highest BCUT2D eigenvalue weighted by Gasteiger charge is 2.43. The van der Waals surface area contributed by atoms with E-state index in [4.69, 9.17) is 5.73 Å². The van der Waals surface area contributed by atoms with Crippen LogP contribution in [0.4, 0.5) is 0 Å². The molecule has 2 rings (SSSR count). The lowest BCUT2D eigenvalue weighted by atomic mass is 10.3. The van der Waals surface area contributed by atoms with Crippen LogP contribution < -0.4 is 5.73 Å². The van der Waals surface area contributed by atoms with E-state index in [-0.39, 0.29) is 0 Å². The molecule has 0 amide bonds. The average Bonchev–Trinajstić information content (AvgIpc) is 2.33. The zero-order chi connectivity index (χ0) is 4.85. The second kappa shape index (κ2) is 0.831. The summed E-state index contributed by atoms with van der Waals surface area (Å²) in [7, 11) is 0. The van der Waals surface area contributed by atoms with Crippen molar-refractivity contribution in [3.8, 4) is 0 Å². The molecule has 2 N–H and O–H groups in total. The van der Waals surface area contributed by atoms with E-state index in [1.54, 1.807) is 0 Å². The van der Waals surface area contributed by atoms with Gasteiger partial charge in [-0.3, -0.25) is 4.99 Å². The van der Waals surface area contributed by atoms with E-state index < -0.39 is 0 Å². The molecule has 1 heterocycles. The van der Waals surface area contributed by atoms with Gasteiger partial charge in [-0.2, -0.15) is 0 Å². The van der Waals surface area contributed by atoms with Crippen molar-refractivity contribution in [2.45, 2.75) is 6.42 Å². The minimum absolute atomic E-state index is 0.708. The van der Waals surface area contributed by atoms with Crippen LogP contribution in [-0.4, -0.2) is 12.4 Å². The summed E-state index contributed by atoms with van der Waals surface area (Å²) >= 11 is 0. The van der Waals surface area contributed by atoms with Crippen LogP contribution in [0.1, 0.15) is 6.42 Å². The second-order valence-corrected chi connectivity index (χ2v) is 2.37. The molecule has 0 aromatic carbocycles. The minimum Gasteiger partial charge on any atom is -0.387 e. The zero-order valence-electron chi connectivity index (χ0n) is 4.09. The van der Waals surface area contributed by atoms with Gasteiger partial charge in [0.25, 0.3) is 0 Å². The van der Waals surface area contributed by atoms with Gasteiger partial charge in [-0.15, -0.1) is 0 Å². The van der Waals surface area contributed by atoms with E-state index in [9.17, 15) is 0 Å². The molecule has 0 radical (unpaired) electrons. The van der Waals surface area contributed by atoms with Crippen LogP contribution in [-0.2, 0) is 0 Å². The molecule has 1 aliphatic heterocycles. The van der Waals surface area contributed by atoms with Gasteiger partial charge < -0.3 is 5.73 Å². The smallest absolute Gasteiger partial charge is 0.0972 e. The molecule has 38 valence electrons. The first-order valence-electron chi connectivity index (χ1n) is 2.68. The van der Waals surface area contributed by atoms with E-state index in [2.05, 4.69) is 4.99 Å². The maximum Gasteiger partial charge on any atom is 0.0972 e. The summed E-state index contributed by atoms with van der Waals surface area (Å²) in [5.74, 6) is 2.48. The number of amidine groups is 1. The molecule has 0 saturated heterocycles. The number of nitrogens with two attached hydrogens (primary N) is 1. The predicted octanol–water partition coefficient (Wildman–Crippen LogP) is -0.00670. The fourth-order valence-corrected chi connectivity index (χ4v) is 1.15. The molecule has 2 atom stereocenters. The van der Waals surface area contributed by atoms with Crippen molar-refractivity contribution in [2.24, 2.45) is 22.6 Å². The van der Waals surface area contributed by atoms with Crippen LogP contribution in [0.25, 0.3) is 0 Å². The van der Waals surface area contributed by atoms with E-state index in [1.165, 1.54) is 6.42 Å². The highest BCUT2D eigenvalue weighted by Crippen LogP contribution is 2.42. The Morgan fingerprint density at radius 1 is 1.71 bits per heavy atom. The highest BCUT2D eigenvalue weighted by molar-refractivity contribution is 5.87. The fraction of sp³-hybridized carbons (Fsp3) is 0.800. The Kier molecular flexibility index (Phi) is 0.412. The summed E-state index contributed by atoms with van der Waals surface area (Å²) in [5, 5.41) is 0. The SMILES string of the molecule is NC1=NCC2CC12. The molecule has 2 heteroatoms. The lowest BCUT2D eigenvalue weighted by molar-refractivity contribution is 0.864. The molecule has 1 aliphatic carbocycles. The van der Waals surface area contributed by atoms with Crippen LogP contribution in [0.15, 0.2) is 4.99 Å².